The Kier molecular flexibility index (Phi) is 2.75. The maximum absolute atomic E-state index is 12.0. The average molecular weight is 210 g/mol. The third-order valence-electron chi connectivity index (χ3n) is 3.97. The van der Waals surface area contributed by atoms with E-state index in [9.17, 15) is 4.79 Å². The summed E-state index contributed by atoms with van der Waals surface area (Å²) in [5.41, 5.74) is 0.398. The average Bonchev–Trinajstić information content (AvgIpc) is 2.43. The Morgan fingerprint density at radius 1 is 1.53 bits per heavy atom. The normalized spacial score (nSPS) is 34.3. The molecule has 1 aliphatic heterocycles. The van der Waals surface area contributed by atoms with Crippen LogP contribution in [0.15, 0.2) is 0 Å². The molecular weight excluding hydrogens is 188 g/mol. The Bertz CT molecular complexity index is 260. The van der Waals surface area contributed by atoms with Gasteiger partial charge in [-0.2, -0.15) is 0 Å². The molecule has 2 rings (SSSR count). The van der Waals surface area contributed by atoms with E-state index in [0.29, 0.717) is 5.41 Å². The smallest absolute Gasteiger partial charge is 0.240 e. The highest BCUT2D eigenvalue weighted by Gasteiger charge is 2.41. The van der Waals surface area contributed by atoms with Gasteiger partial charge in [-0.15, -0.1) is 0 Å². The molecule has 0 aromatic heterocycles. The fraction of sp³-hybridized carbons (Fsp3) is 0.917. The van der Waals surface area contributed by atoms with E-state index < -0.39 is 0 Å². The van der Waals surface area contributed by atoms with Gasteiger partial charge in [0.2, 0.25) is 5.91 Å². The van der Waals surface area contributed by atoms with Crippen molar-refractivity contribution in [3.63, 3.8) is 0 Å². The minimum absolute atomic E-state index is 0.0126. The highest BCUT2D eigenvalue weighted by atomic mass is 16.2. The first-order valence-electron chi connectivity index (χ1n) is 6.12. The lowest BCUT2D eigenvalue weighted by molar-refractivity contribution is -0.132. The van der Waals surface area contributed by atoms with Crippen molar-refractivity contribution in [2.24, 2.45) is 5.41 Å². The predicted molar refractivity (Wildman–Crippen MR) is 60.3 cm³/mol. The zero-order valence-corrected chi connectivity index (χ0v) is 10.0. The standard InChI is InChI=1S/C12H22N2O/c1-4-10-13-9(2)11(15)14(10)8-12(3)6-5-7-12/h9-10,13H,4-8H2,1-3H3. The van der Waals surface area contributed by atoms with E-state index >= 15 is 0 Å². The van der Waals surface area contributed by atoms with Crippen LogP contribution in [0, 0.1) is 5.41 Å². The molecule has 1 saturated heterocycles. The largest absolute Gasteiger partial charge is 0.325 e. The minimum Gasteiger partial charge on any atom is -0.325 e. The number of hydrogen-bond donors (Lipinski definition) is 1. The van der Waals surface area contributed by atoms with Crippen LogP contribution in [0.5, 0.6) is 0 Å². The van der Waals surface area contributed by atoms with Crippen molar-refractivity contribution >= 4 is 5.91 Å². The van der Waals surface area contributed by atoms with Gasteiger partial charge < -0.3 is 4.90 Å². The van der Waals surface area contributed by atoms with E-state index in [2.05, 4.69) is 24.1 Å². The molecule has 1 N–H and O–H groups in total. The second-order valence-corrected chi connectivity index (χ2v) is 5.44. The summed E-state index contributed by atoms with van der Waals surface area (Å²) in [5, 5.41) is 3.35. The Morgan fingerprint density at radius 3 is 2.67 bits per heavy atom. The van der Waals surface area contributed by atoms with Crippen molar-refractivity contribution in [2.75, 3.05) is 6.54 Å². The minimum atomic E-state index is 0.0126. The first-order chi connectivity index (χ1) is 7.06. The molecular formula is C12H22N2O. The maximum Gasteiger partial charge on any atom is 0.240 e. The molecule has 1 saturated carbocycles. The number of rotatable bonds is 3. The van der Waals surface area contributed by atoms with Crippen LogP contribution in [0.1, 0.15) is 46.5 Å². The lowest BCUT2D eigenvalue weighted by atomic mass is 9.70. The molecule has 1 aliphatic carbocycles. The first kappa shape index (κ1) is 10.9. The summed E-state index contributed by atoms with van der Waals surface area (Å²) >= 11 is 0. The molecule has 2 atom stereocenters. The van der Waals surface area contributed by atoms with Crippen LogP contribution in [0.3, 0.4) is 0 Å². The van der Waals surface area contributed by atoms with Crippen LogP contribution in [0.4, 0.5) is 0 Å². The lowest BCUT2D eigenvalue weighted by Gasteiger charge is -2.42. The SMILES string of the molecule is CCC1NC(C)C(=O)N1CC1(C)CCC1. The van der Waals surface area contributed by atoms with Crippen LogP contribution in [0.2, 0.25) is 0 Å². The summed E-state index contributed by atoms with van der Waals surface area (Å²) < 4.78 is 0. The Labute approximate surface area is 92.2 Å². The van der Waals surface area contributed by atoms with Gasteiger partial charge in [0.1, 0.15) is 0 Å². The van der Waals surface area contributed by atoms with Crippen molar-refractivity contribution in [3.8, 4) is 0 Å². The van der Waals surface area contributed by atoms with E-state index in [0.717, 1.165) is 13.0 Å². The third kappa shape index (κ3) is 1.89. The monoisotopic (exact) mass is 210 g/mol. The second-order valence-electron chi connectivity index (χ2n) is 5.44. The van der Waals surface area contributed by atoms with Crippen LogP contribution in [0.25, 0.3) is 0 Å². The van der Waals surface area contributed by atoms with Gasteiger partial charge in [0, 0.05) is 6.54 Å². The molecule has 0 aromatic rings. The molecule has 1 heterocycles. The highest BCUT2D eigenvalue weighted by molar-refractivity contribution is 5.83. The Balaban J connectivity index is 2.02. The van der Waals surface area contributed by atoms with Crippen molar-refractivity contribution in [2.45, 2.75) is 58.7 Å². The molecule has 86 valence electrons. The molecule has 2 aliphatic rings. The number of nitrogens with zero attached hydrogens (tertiary/aromatic N) is 1. The van der Waals surface area contributed by atoms with Gasteiger partial charge >= 0.3 is 0 Å². The van der Waals surface area contributed by atoms with Crippen LogP contribution < -0.4 is 5.32 Å². The molecule has 0 aromatic carbocycles. The van der Waals surface area contributed by atoms with E-state index in [4.69, 9.17) is 0 Å². The van der Waals surface area contributed by atoms with Crippen LogP contribution in [-0.2, 0) is 4.79 Å². The molecule has 1 amide bonds. The second kappa shape index (κ2) is 3.78. The van der Waals surface area contributed by atoms with Crippen LogP contribution in [-0.4, -0.2) is 29.6 Å². The molecule has 2 fully saturated rings. The van der Waals surface area contributed by atoms with Crippen molar-refractivity contribution in [1.82, 2.24) is 10.2 Å². The molecule has 2 unspecified atom stereocenters. The molecule has 3 nitrogen and oxygen atoms in total. The van der Waals surface area contributed by atoms with Gasteiger partial charge in [-0.1, -0.05) is 20.3 Å². The molecule has 3 heteroatoms. The van der Waals surface area contributed by atoms with Gasteiger partial charge in [0.15, 0.2) is 0 Å². The lowest BCUT2D eigenvalue weighted by Crippen LogP contribution is -2.46. The fourth-order valence-electron chi connectivity index (χ4n) is 2.73. The Morgan fingerprint density at radius 2 is 2.20 bits per heavy atom. The molecule has 0 bridgehead atoms. The topological polar surface area (TPSA) is 32.3 Å². The van der Waals surface area contributed by atoms with Gasteiger partial charge in [-0.25, -0.2) is 0 Å². The predicted octanol–water partition coefficient (Wildman–Crippen LogP) is 1.73. The van der Waals surface area contributed by atoms with Crippen molar-refractivity contribution in [1.29, 1.82) is 0 Å². The fourth-order valence-corrected chi connectivity index (χ4v) is 2.73. The number of amides is 1. The van der Waals surface area contributed by atoms with Gasteiger partial charge in [-0.05, 0) is 31.6 Å². The summed E-state index contributed by atoms with van der Waals surface area (Å²) in [6, 6.07) is 0.0126. The number of nitrogens with one attached hydrogen (secondary N) is 1. The number of hydrogen-bond acceptors (Lipinski definition) is 2. The number of carbonyl (C=O) groups is 1. The maximum atomic E-state index is 12.0. The van der Waals surface area contributed by atoms with Crippen molar-refractivity contribution in [3.05, 3.63) is 0 Å². The quantitative estimate of drug-likeness (QED) is 0.769. The van der Waals surface area contributed by atoms with Gasteiger partial charge in [0.05, 0.1) is 12.2 Å². The van der Waals surface area contributed by atoms with Gasteiger partial charge in [-0.3, -0.25) is 10.1 Å². The van der Waals surface area contributed by atoms with Crippen LogP contribution >= 0.6 is 0 Å². The molecule has 15 heavy (non-hydrogen) atoms. The summed E-state index contributed by atoms with van der Waals surface area (Å²) in [5.74, 6) is 0.287. The zero-order chi connectivity index (χ0) is 11.1. The summed E-state index contributed by atoms with van der Waals surface area (Å²) in [7, 11) is 0. The van der Waals surface area contributed by atoms with E-state index in [1.54, 1.807) is 0 Å². The molecule has 0 radical (unpaired) electrons. The summed E-state index contributed by atoms with van der Waals surface area (Å²) in [4.78, 5) is 14.0. The number of carbonyl (C=O) groups excluding carboxylic acids is 1. The van der Waals surface area contributed by atoms with E-state index in [1.165, 1.54) is 19.3 Å². The highest BCUT2D eigenvalue weighted by Crippen LogP contribution is 2.41. The first-order valence-corrected chi connectivity index (χ1v) is 6.12. The Hall–Kier alpha value is -0.570. The van der Waals surface area contributed by atoms with E-state index in [1.807, 2.05) is 6.92 Å². The molecule has 0 spiro atoms. The van der Waals surface area contributed by atoms with Gasteiger partial charge in [0.25, 0.3) is 0 Å². The van der Waals surface area contributed by atoms with Crippen molar-refractivity contribution < 1.29 is 4.79 Å². The summed E-state index contributed by atoms with van der Waals surface area (Å²) in [6.07, 6.45) is 5.16. The zero-order valence-electron chi connectivity index (χ0n) is 10.0. The summed E-state index contributed by atoms with van der Waals surface area (Å²) in [6.45, 7) is 7.36. The van der Waals surface area contributed by atoms with E-state index in [-0.39, 0.29) is 18.1 Å². The third-order valence-corrected chi connectivity index (χ3v) is 3.97.